The second kappa shape index (κ2) is 5.18. The van der Waals surface area contributed by atoms with Crippen molar-refractivity contribution in [3.63, 3.8) is 0 Å². The first-order valence-electron chi connectivity index (χ1n) is 6.01. The monoisotopic (exact) mass is 283 g/mol. The van der Waals surface area contributed by atoms with Gasteiger partial charge in [-0.25, -0.2) is 9.97 Å². The maximum Gasteiger partial charge on any atom is 0.180 e. The predicted molar refractivity (Wildman–Crippen MR) is 83.9 cm³/mol. The van der Waals surface area contributed by atoms with Crippen molar-refractivity contribution in [2.24, 2.45) is 0 Å². The Hall–Kier alpha value is -2.60. The number of nitrogens with two attached hydrogens (primary N) is 2. The van der Waals surface area contributed by atoms with E-state index in [9.17, 15) is 0 Å². The van der Waals surface area contributed by atoms with Gasteiger partial charge in [-0.15, -0.1) is 11.3 Å². The van der Waals surface area contributed by atoms with Gasteiger partial charge in [0.05, 0.1) is 11.4 Å². The zero-order valence-electron chi connectivity index (χ0n) is 10.6. The average molecular weight is 283 g/mol. The van der Waals surface area contributed by atoms with Gasteiger partial charge >= 0.3 is 0 Å². The maximum absolute atomic E-state index is 5.87. The van der Waals surface area contributed by atoms with E-state index < -0.39 is 0 Å². The third-order valence-corrected chi connectivity index (χ3v) is 3.46. The van der Waals surface area contributed by atoms with Crippen LogP contribution in [0.2, 0.25) is 0 Å². The van der Waals surface area contributed by atoms with Gasteiger partial charge in [0.15, 0.2) is 10.9 Å². The van der Waals surface area contributed by atoms with E-state index in [0.717, 1.165) is 16.9 Å². The summed E-state index contributed by atoms with van der Waals surface area (Å²) in [5, 5.41) is 5.69. The predicted octanol–water partition coefficient (Wildman–Crippen LogP) is 3.11. The van der Waals surface area contributed by atoms with Gasteiger partial charge in [-0.2, -0.15) is 0 Å². The lowest BCUT2D eigenvalue weighted by atomic mass is 10.1. The third-order valence-electron chi connectivity index (χ3n) is 2.78. The van der Waals surface area contributed by atoms with Crippen LogP contribution in [0.4, 0.5) is 22.3 Å². The van der Waals surface area contributed by atoms with Gasteiger partial charge in [-0.3, -0.25) is 0 Å². The molecule has 0 unspecified atom stereocenters. The Bertz CT molecular complexity index is 738. The highest BCUT2D eigenvalue weighted by Crippen LogP contribution is 2.27. The molecule has 0 atom stereocenters. The van der Waals surface area contributed by atoms with E-state index >= 15 is 0 Å². The van der Waals surface area contributed by atoms with Crippen LogP contribution in [-0.4, -0.2) is 9.97 Å². The molecule has 0 spiro atoms. The molecule has 0 amide bonds. The molecule has 0 saturated heterocycles. The minimum atomic E-state index is 0.562. The molecule has 1 aromatic carbocycles. The quantitative estimate of drug-likeness (QED) is 0.687. The number of benzene rings is 1. The fraction of sp³-hybridized carbons (Fsp3) is 0. The molecule has 0 aliphatic heterocycles. The number of nitrogens with zero attached hydrogens (tertiary/aromatic N) is 2. The van der Waals surface area contributed by atoms with Crippen LogP contribution in [0.15, 0.2) is 48.0 Å². The summed E-state index contributed by atoms with van der Waals surface area (Å²) >= 11 is 1.43. The number of anilines is 4. The number of hydrogen-bond donors (Lipinski definition) is 3. The number of nitrogen functional groups attached to an aromatic ring is 2. The Morgan fingerprint density at radius 2 is 2.00 bits per heavy atom. The Morgan fingerprint density at radius 3 is 2.75 bits per heavy atom. The van der Waals surface area contributed by atoms with Gasteiger partial charge in [0.1, 0.15) is 0 Å². The van der Waals surface area contributed by atoms with Crippen molar-refractivity contribution in [1.82, 2.24) is 9.97 Å². The fourth-order valence-electron chi connectivity index (χ4n) is 1.84. The minimum absolute atomic E-state index is 0.562. The van der Waals surface area contributed by atoms with Crippen molar-refractivity contribution in [1.29, 1.82) is 0 Å². The molecular formula is C14H13N5S. The van der Waals surface area contributed by atoms with Crippen LogP contribution in [0.25, 0.3) is 11.3 Å². The molecule has 3 rings (SSSR count). The molecule has 0 bridgehead atoms. The Labute approximate surface area is 120 Å². The van der Waals surface area contributed by atoms with Gasteiger partial charge in [-0.1, -0.05) is 12.1 Å². The molecule has 0 aliphatic carbocycles. The molecule has 5 nitrogen and oxygen atoms in total. The van der Waals surface area contributed by atoms with Crippen LogP contribution in [-0.2, 0) is 0 Å². The highest BCUT2D eigenvalue weighted by atomic mass is 32.1. The summed E-state index contributed by atoms with van der Waals surface area (Å²) in [5.74, 6) is 0.641. The molecule has 0 aliphatic rings. The lowest BCUT2D eigenvalue weighted by Gasteiger charge is -2.08. The van der Waals surface area contributed by atoms with Gasteiger partial charge in [0.25, 0.3) is 0 Å². The van der Waals surface area contributed by atoms with E-state index in [1.807, 2.05) is 29.6 Å². The standard InChI is InChI=1S/C14H13N5S/c15-11-5-2-6-17-13(11)18-10-4-1-3-9(7-10)12-8-20-14(16)19-12/h1-8H,15H2,(H2,16,19)(H,17,18). The largest absolute Gasteiger partial charge is 0.396 e. The van der Waals surface area contributed by atoms with Crippen LogP contribution in [0, 0.1) is 0 Å². The number of thiazole rings is 1. The highest BCUT2D eigenvalue weighted by Gasteiger charge is 2.05. The molecule has 2 heterocycles. The molecule has 0 fully saturated rings. The normalized spacial score (nSPS) is 10.4. The van der Waals surface area contributed by atoms with Crippen LogP contribution in [0.3, 0.4) is 0 Å². The Morgan fingerprint density at radius 1 is 1.10 bits per heavy atom. The fourth-order valence-corrected chi connectivity index (χ4v) is 2.41. The van der Waals surface area contributed by atoms with Crippen molar-refractivity contribution in [3.05, 3.63) is 48.0 Å². The van der Waals surface area contributed by atoms with Crippen molar-refractivity contribution in [3.8, 4) is 11.3 Å². The van der Waals surface area contributed by atoms with E-state index in [2.05, 4.69) is 15.3 Å². The van der Waals surface area contributed by atoms with Crippen molar-refractivity contribution in [2.45, 2.75) is 0 Å². The zero-order valence-corrected chi connectivity index (χ0v) is 11.4. The van der Waals surface area contributed by atoms with E-state index in [1.54, 1.807) is 18.3 Å². The highest BCUT2D eigenvalue weighted by molar-refractivity contribution is 7.13. The lowest BCUT2D eigenvalue weighted by molar-refractivity contribution is 1.31. The number of rotatable bonds is 3. The minimum Gasteiger partial charge on any atom is -0.396 e. The van der Waals surface area contributed by atoms with E-state index in [1.165, 1.54) is 11.3 Å². The first-order valence-corrected chi connectivity index (χ1v) is 6.89. The average Bonchev–Trinajstić information content (AvgIpc) is 2.89. The number of nitrogens with one attached hydrogen (secondary N) is 1. The molecular weight excluding hydrogens is 270 g/mol. The molecule has 0 radical (unpaired) electrons. The lowest BCUT2D eigenvalue weighted by Crippen LogP contribution is -1.98. The molecule has 6 heteroatoms. The molecule has 5 N–H and O–H groups in total. The van der Waals surface area contributed by atoms with Gasteiger partial charge in [0, 0.05) is 22.8 Å². The molecule has 100 valence electrons. The topological polar surface area (TPSA) is 89.8 Å². The van der Waals surface area contributed by atoms with Crippen molar-refractivity contribution < 1.29 is 0 Å². The van der Waals surface area contributed by atoms with Gasteiger partial charge < -0.3 is 16.8 Å². The Kier molecular flexibility index (Phi) is 3.22. The summed E-state index contributed by atoms with van der Waals surface area (Å²) in [6, 6.07) is 11.5. The smallest absolute Gasteiger partial charge is 0.180 e. The van der Waals surface area contributed by atoms with Crippen molar-refractivity contribution in [2.75, 3.05) is 16.8 Å². The van der Waals surface area contributed by atoms with Crippen LogP contribution in [0.1, 0.15) is 0 Å². The van der Waals surface area contributed by atoms with Crippen molar-refractivity contribution >= 4 is 33.7 Å². The van der Waals surface area contributed by atoms with Gasteiger partial charge in [-0.05, 0) is 24.3 Å². The summed E-state index contributed by atoms with van der Waals surface area (Å²) in [6.07, 6.45) is 1.70. The third kappa shape index (κ3) is 2.55. The van der Waals surface area contributed by atoms with Crippen LogP contribution in [0.5, 0.6) is 0 Å². The second-order valence-electron chi connectivity index (χ2n) is 4.22. The van der Waals surface area contributed by atoms with Crippen LogP contribution >= 0.6 is 11.3 Å². The Balaban J connectivity index is 1.90. The number of pyridine rings is 1. The summed E-state index contributed by atoms with van der Waals surface area (Å²) in [7, 11) is 0. The second-order valence-corrected chi connectivity index (χ2v) is 5.11. The first kappa shape index (κ1) is 12.4. The maximum atomic E-state index is 5.87. The summed E-state index contributed by atoms with van der Waals surface area (Å²) < 4.78 is 0. The zero-order chi connectivity index (χ0) is 13.9. The van der Waals surface area contributed by atoms with Gasteiger partial charge in [0.2, 0.25) is 0 Å². The van der Waals surface area contributed by atoms with E-state index in [4.69, 9.17) is 11.5 Å². The number of hydrogen-bond acceptors (Lipinski definition) is 6. The summed E-state index contributed by atoms with van der Waals surface area (Å²) in [6.45, 7) is 0. The molecule has 20 heavy (non-hydrogen) atoms. The first-order chi connectivity index (χ1) is 9.72. The molecule has 0 saturated carbocycles. The molecule has 2 aromatic heterocycles. The van der Waals surface area contributed by atoms with E-state index in [0.29, 0.717) is 16.6 Å². The number of aromatic nitrogens is 2. The molecule has 3 aromatic rings. The SMILES string of the molecule is Nc1nc(-c2cccc(Nc3ncccc3N)c2)cs1. The summed E-state index contributed by atoms with van der Waals surface area (Å²) in [5.41, 5.74) is 14.9. The van der Waals surface area contributed by atoms with E-state index in [-0.39, 0.29) is 0 Å². The van der Waals surface area contributed by atoms with Crippen LogP contribution < -0.4 is 16.8 Å². The summed E-state index contributed by atoms with van der Waals surface area (Å²) in [4.78, 5) is 8.49.